The molecule has 7 heteroatoms. The van der Waals surface area contributed by atoms with Crippen LogP contribution in [0.4, 0.5) is 0 Å². The lowest BCUT2D eigenvalue weighted by atomic mass is 10.2. The van der Waals surface area contributed by atoms with Crippen molar-refractivity contribution in [3.05, 3.63) is 29.8 Å². The molecule has 0 spiro atoms. The van der Waals surface area contributed by atoms with Crippen molar-refractivity contribution in [3.8, 4) is 0 Å². The summed E-state index contributed by atoms with van der Waals surface area (Å²) < 4.78 is 27.1. The monoisotopic (exact) mass is 325 g/mol. The molecule has 6 nitrogen and oxygen atoms in total. The van der Waals surface area contributed by atoms with Gasteiger partial charge in [0.15, 0.2) is 0 Å². The van der Waals surface area contributed by atoms with Crippen LogP contribution in [-0.2, 0) is 14.8 Å². The second kappa shape index (κ2) is 6.76. The molecule has 22 heavy (non-hydrogen) atoms. The van der Waals surface area contributed by atoms with E-state index in [0.29, 0.717) is 13.1 Å². The number of rotatable bonds is 4. The van der Waals surface area contributed by atoms with Crippen LogP contribution in [0.1, 0.15) is 12.5 Å². The van der Waals surface area contributed by atoms with Gasteiger partial charge in [-0.3, -0.25) is 4.79 Å². The van der Waals surface area contributed by atoms with Gasteiger partial charge in [-0.05, 0) is 33.0 Å². The Morgan fingerprint density at radius 3 is 2.23 bits per heavy atom. The molecule has 1 aromatic rings. The number of nitrogens with one attached hydrogen (secondary N) is 1. The molecule has 1 N–H and O–H groups in total. The summed E-state index contributed by atoms with van der Waals surface area (Å²) in [5.74, 6) is -0.177. The number of sulfonamides is 1. The van der Waals surface area contributed by atoms with Crippen LogP contribution in [0.5, 0.6) is 0 Å². The maximum atomic E-state index is 12.3. The topological polar surface area (TPSA) is 69.7 Å². The van der Waals surface area contributed by atoms with Gasteiger partial charge >= 0.3 is 0 Å². The second-order valence-corrected chi connectivity index (χ2v) is 7.50. The second-order valence-electron chi connectivity index (χ2n) is 5.78. The molecule has 1 aliphatic heterocycles. The maximum absolute atomic E-state index is 12.3. The molecule has 0 bridgehead atoms. The number of benzene rings is 1. The van der Waals surface area contributed by atoms with E-state index in [-0.39, 0.29) is 10.8 Å². The van der Waals surface area contributed by atoms with Gasteiger partial charge < -0.3 is 9.80 Å². The Hall–Kier alpha value is -1.44. The molecular formula is C15H23N3O3S. The Labute approximate surface area is 132 Å². The maximum Gasteiger partial charge on any atom is 0.241 e. The van der Waals surface area contributed by atoms with Crippen molar-refractivity contribution in [2.45, 2.75) is 24.8 Å². The lowest BCUT2D eigenvalue weighted by molar-refractivity contribution is -0.134. The zero-order chi connectivity index (χ0) is 16.3. The van der Waals surface area contributed by atoms with E-state index in [1.807, 2.05) is 14.0 Å². The van der Waals surface area contributed by atoms with Crippen LogP contribution in [-0.4, -0.2) is 63.4 Å². The lowest BCUT2D eigenvalue weighted by Crippen LogP contribution is -2.53. The predicted molar refractivity (Wildman–Crippen MR) is 85.0 cm³/mol. The molecule has 0 aliphatic carbocycles. The molecule has 1 saturated heterocycles. The number of hydrogen-bond donors (Lipinski definition) is 1. The van der Waals surface area contributed by atoms with Crippen molar-refractivity contribution in [1.82, 2.24) is 14.5 Å². The van der Waals surface area contributed by atoms with Crippen molar-refractivity contribution in [3.63, 3.8) is 0 Å². The van der Waals surface area contributed by atoms with E-state index in [1.54, 1.807) is 36.1 Å². The Morgan fingerprint density at radius 1 is 1.14 bits per heavy atom. The highest BCUT2D eigenvalue weighted by atomic mass is 32.2. The smallest absolute Gasteiger partial charge is 0.241 e. The minimum Gasteiger partial charge on any atom is -0.339 e. The van der Waals surface area contributed by atoms with E-state index in [0.717, 1.165) is 18.7 Å². The first-order valence-corrected chi connectivity index (χ1v) is 8.84. The molecule has 1 heterocycles. The molecule has 2 rings (SSSR count). The van der Waals surface area contributed by atoms with Gasteiger partial charge in [-0.15, -0.1) is 0 Å². The Morgan fingerprint density at radius 2 is 1.68 bits per heavy atom. The summed E-state index contributed by atoms with van der Waals surface area (Å²) >= 11 is 0. The molecule has 0 aromatic heterocycles. The average Bonchev–Trinajstić information content (AvgIpc) is 2.47. The molecular weight excluding hydrogens is 302 g/mol. The molecule has 1 unspecified atom stereocenters. The first-order valence-electron chi connectivity index (χ1n) is 7.36. The summed E-state index contributed by atoms with van der Waals surface area (Å²) in [5, 5.41) is 0. The number of carbonyl (C=O) groups is 1. The first kappa shape index (κ1) is 16.9. The molecule has 1 aliphatic rings. The Kier molecular flexibility index (Phi) is 5.20. The molecule has 1 amide bonds. The lowest BCUT2D eigenvalue weighted by Gasteiger charge is -2.34. The van der Waals surface area contributed by atoms with Gasteiger partial charge in [0, 0.05) is 26.2 Å². The number of carbonyl (C=O) groups excluding carboxylic acids is 1. The molecule has 0 radical (unpaired) electrons. The molecule has 1 aromatic carbocycles. The zero-order valence-electron chi connectivity index (χ0n) is 13.2. The van der Waals surface area contributed by atoms with Gasteiger partial charge in [-0.25, -0.2) is 8.42 Å². The molecule has 1 atom stereocenters. The van der Waals surface area contributed by atoms with Gasteiger partial charge in [-0.2, -0.15) is 4.72 Å². The highest BCUT2D eigenvalue weighted by Gasteiger charge is 2.27. The van der Waals surface area contributed by atoms with E-state index >= 15 is 0 Å². The number of amides is 1. The highest BCUT2D eigenvalue weighted by molar-refractivity contribution is 7.89. The summed E-state index contributed by atoms with van der Waals surface area (Å²) in [6, 6.07) is 5.80. The third-order valence-electron chi connectivity index (χ3n) is 3.85. The zero-order valence-corrected chi connectivity index (χ0v) is 14.1. The summed E-state index contributed by atoms with van der Waals surface area (Å²) in [6.45, 7) is 6.36. The van der Waals surface area contributed by atoms with Crippen LogP contribution in [0.15, 0.2) is 29.2 Å². The third-order valence-corrected chi connectivity index (χ3v) is 5.41. The van der Waals surface area contributed by atoms with E-state index in [1.165, 1.54) is 0 Å². The summed E-state index contributed by atoms with van der Waals surface area (Å²) in [4.78, 5) is 16.4. The largest absolute Gasteiger partial charge is 0.339 e. The van der Waals surface area contributed by atoms with Crippen LogP contribution in [0.3, 0.4) is 0 Å². The van der Waals surface area contributed by atoms with Gasteiger partial charge in [-0.1, -0.05) is 17.7 Å². The summed E-state index contributed by atoms with van der Waals surface area (Å²) in [7, 11) is -1.67. The fraction of sp³-hybridized carbons (Fsp3) is 0.533. The van der Waals surface area contributed by atoms with Gasteiger partial charge in [0.05, 0.1) is 10.9 Å². The predicted octanol–water partition coefficient (Wildman–Crippen LogP) is 0.436. The minimum atomic E-state index is -3.68. The van der Waals surface area contributed by atoms with E-state index in [9.17, 15) is 13.2 Å². The molecule has 0 saturated carbocycles. The van der Waals surface area contributed by atoms with Crippen LogP contribution in [0, 0.1) is 6.92 Å². The van der Waals surface area contributed by atoms with E-state index < -0.39 is 16.1 Å². The Balaban J connectivity index is 2.02. The number of nitrogens with zero attached hydrogens (tertiary/aromatic N) is 2. The standard InChI is InChI=1S/C15H23N3O3S/c1-12-4-6-14(7-5-12)22(20,21)16-13(2)15(19)18-10-8-17(3)9-11-18/h4-7,13,16H,8-11H2,1-3H3. The van der Waals surface area contributed by atoms with Crippen molar-refractivity contribution in [1.29, 1.82) is 0 Å². The quantitative estimate of drug-likeness (QED) is 0.872. The highest BCUT2D eigenvalue weighted by Crippen LogP contribution is 2.11. The minimum absolute atomic E-state index is 0.177. The van der Waals surface area contributed by atoms with Gasteiger partial charge in [0.25, 0.3) is 0 Å². The van der Waals surface area contributed by atoms with Gasteiger partial charge in [0.1, 0.15) is 0 Å². The van der Waals surface area contributed by atoms with Gasteiger partial charge in [0.2, 0.25) is 15.9 Å². The Bertz CT molecular complexity index is 620. The SMILES string of the molecule is Cc1ccc(S(=O)(=O)NC(C)C(=O)N2CCN(C)CC2)cc1. The van der Waals surface area contributed by atoms with Crippen LogP contribution in [0.25, 0.3) is 0 Å². The van der Waals surface area contributed by atoms with Crippen molar-refractivity contribution >= 4 is 15.9 Å². The van der Waals surface area contributed by atoms with Crippen LogP contribution < -0.4 is 4.72 Å². The number of piperazine rings is 1. The molecule has 122 valence electrons. The third kappa shape index (κ3) is 4.06. The van der Waals surface area contributed by atoms with Crippen LogP contribution >= 0.6 is 0 Å². The van der Waals surface area contributed by atoms with E-state index in [4.69, 9.17) is 0 Å². The van der Waals surface area contributed by atoms with Crippen molar-refractivity contribution in [2.75, 3.05) is 33.2 Å². The fourth-order valence-corrected chi connectivity index (χ4v) is 3.57. The van der Waals surface area contributed by atoms with Crippen molar-refractivity contribution < 1.29 is 13.2 Å². The number of hydrogen-bond acceptors (Lipinski definition) is 4. The number of aryl methyl sites for hydroxylation is 1. The van der Waals surface area contributed by atoms with Crippen molar-refractivity contribution in [2.24, 2.45) is 0 Å². The number of likely N-dealkylation sites (N-methyl/N-ethyl adjacent to an activating group) is 1. The fourth-order valence-electron chi connectivity index (χ4n) is 2.37. The summed E-state index contributed by atoms with van der Waals surface area (Å²) in [5.41, 5.74) is 0.987. The van der Waals surface area contributed by atoms with Crippen LogP contribution in [0.2, 0.25) is 0 Å². The summed E-state index contributed by atoms with van der Waals surface area (Å²) in [6.07, 6.45) is 0. The average molecular weight is 325 g/mol. The first-order chi connectivity index (χ1) is 10.3. The molecule has 1 fully saturated rings. The van der Waals surface area contributed by atoms with E-state index in [2.05, 4.69) is 9.62 Å². The normalized spacial score (nSPS) is 18.2.